The minimum atomic E-state index is 0.911. The molecule has 0 bridgehead atoms. The quantitative estimate of drug-likeness (QED) is 0.168. The van der Waals surface area contributed by atoms with E-state index < -0.39 is 0 Å². The van der Waals surface area contributed by atoms with Crippen LogP contribution in [0, 0.1) is 0 Å². The SMILES string of the molecule is c1ccc(-c2cccc(N(c3ccc(-c4cccc5c4ccc4ccc6ccccc6c45)cc3)c3ccc4cc5oc6ccccc6c5cc4c3)c2)cc1. The first kappa shape index (κ1) is 30.5. The average Bonchev–Trinajstić information content (AvgIpc) is 3.60. The third-order valence-corrected chi connectivity index (χ3v) is 11.0. The first-order chi connectivity index (χ1) is 26.7. The number of fused-ring (bicyclic) bond motifs is 9. The van der Waals surface area contributed by atoms with Crippen LogP contribution in [-0.4, -0.2) is 0 Å². The van der Waals surface area contributed by atoms with Crippen molar-refractivity contribution in [2.75, 3.05) is 4.90 Å². The molecule has 54 heavy (non-hydrogen) atoms. The number of benzene rings is 10. The lowest BCUT2D eigenvalue weighted by Crippen LogP contribution is -2.10. The Labute approximate surface area is 312 Å². The molecule has 2 heteroatoms. The third kappa shape index (κ3) is 4.96. The van der Waals surface area contributed by atoms with E-state index >= 15 is 0 Å². The summed E-state index contributed by atoms with van der Waals surface area (Å²) in [6.45, 7) is 0. The van der Waals surface area contributed by atoms with Crippen LogP contribution in [0.15, 0.2) is 205 Å². The standard InChI is InChI=1S/C52H33NO/c1-2-10-34(11-3-1)38-13-8-14-42(30-38)53(43-28-24-39-33-51-49(32-40(39)31-43)47-16-6-7-19-50(47)54-51)41-26-22-36(23-27-41)44-17-9-18-48-46(44)29-25-37-21-20-35-12-4-5-15-45(35)52(37)48/h1-33H. The van der Waals surface area contributed by atoms with Crippen molar-refractivity contribution in [2.24, 2.45) is 0 Å². The van der Waals surface area contributed by atoms with Gasteiger partial charge in [-0.25, -0.2) is 0 Å². The largest absolute Gasteiger partial charge is 0.456 e. The van der Waals surface area contributed by atoms with Crippen LogP contribution >= 0.6 is 0 Å². The minimum absolute atomic E-state index is 0.911. The van der Waals surface area contributed by atoms with E-state index in [0.717, 1.165) is 44.4 Å². The molecular formula is C52H33NO. The van der Waals surface area contributed by atoms with E-state index in [1.807, 2.05) is 12.1 Å². The predicted octanol–water partition coefficient (Wildman–Crippen LogP) is 15.0. The van der Waals surface area contributed by atoms with Crippen LogP contribution in [0.4, 0.5) is 17.1 Å². The molecule has 0 saturated heterocycles. The molecule has 11 aromatic rings. The summed E-state index contributed by atoms with van der Waals surface area (Å²) in [5.74, 6) is 0. The first-order valence-corrected chi connectivity index (χ1v) is 18.5. The topological polar surface area (TPSA) is 16.4 Å². The van der Waals surface area contributed by atoms with Gasteiger partial charge in [0.25, 0.3) is 0 Å². The van der Waals surface area contributed by atoms with Crippen molar-refractivity contribution in [3.8, 4) is 22.3 Å². The molecule has 0 aliphatic carbocycles. The Balaban J connectivity index is 1.06. The van der Waals surface area contributed by atoms with Crippen LogP contribution in [0.1, 0.15) is 0 Å². The summed E-state index contributed by atoms with van der Waals surface area (Å²) in [5.41, 5.74) is 9.90. The predicted molar refractivity (Wildman–Crippen MR) is 229 cm³/mol. The average molecular weight is 688 g/mol. The Kier molecular flexibility index (Phi) is 6.90. The molecule has 0 saturated carbocycles. The van der Waals surface area contributed by atoms with E-state index in [4.69, 9.17) is 4.42 Å². The van der Waals surface area contributed by atoms with Crippen molar-refractivity contribution >= 4 is 82.1 Å². The van der Waals surface area contributed by atoms with Gasteiger partial charge in [-0.3, -0.25) is 0 Å². The van der Waals surface area contributed by atoms with Crippen molar-refractivity contribution in [3.05, 3.63) is 200 Å². The molecule has 10 aromatic carbocycles. The molecule has 0 radical (unpaired) electrons. The first-order valence-electron chi connectivity index (χ1n) is 18.5. The van der Waals surface area contributed by atoms with Crippen LogP contribution in [0.5, 0.6) is 0 Å². The highest BCUT2D eigenvalue weighted by molar-refractivity contribution is 6.22. The molecule has 0 fully saturated rings. The van der Waals surface area contributed by atoms with Gasteiger partial charge in [0.2, 0.25) is 0 Å². The Bertz CT molecular complexity index is 3210. The molecule has 0 N–H and O–H groups in total. The maximum absolute atomic E-state index is 6.24. The van der Waals surface area contributed by atoms with E-state index in [1.54, 1.807) is 0 Å². The van der Waals surface area contributed by atoms with Gasteiger partial charge in [0, 0.05) is 27.8 Å². The second-order valence-corrected chi connectivity index (χ2v) is 14.1. The molecule has 1 aromatic heterocycles. The highest BCUT2D eigenvalue weighted by Gasteiger charge is 2.17. The second-order valence-electron chi connectivity index (χ2n) is 14.1. The molecule has 2 nitrogen and oxygen atoms in total. The maximum Gasteiger partial charge on any atom is 0.136 e. The zero-order valence-corrected chi connectivity index (χ0v) is 29.4. The van der Waals surface area contributed by atoms with Gasteiger partial charge in [0.05, 0.1) is 0 Å². The summed E-state index contributed by atoms with van der Waals surface area (Å²) in [5, 5.41) is 12.3. The summed E-state index contributed by atoms with van der Waals surface area (Å²) in [4.78, 5) is 2.37. The molecule has 0 amide bonds. The van der Waals surface area contributed by atoms with Gasteiger partial charge in [-0.05, 0) is 120 Å². The van der Waals surface area contributed by atoms with Crippen LogP contribution in [0.2, 0.25) is 0 Å². The van der Waals surface area contributed by atoms with Crippen LogP contribution in [0.25, 0.3) is 87.3 Å². The molecular weight excluding hydrogens is 655 g/mol. The number of hydrogen-bond donors (Lipinski definition) is 0. The minimum Gasteiger partial charge on any atom is -0.456 e. The molecule has 0 spiro atoms. The van der Waals surface area contributed by atoms with Crippen molar-refractivity contribution in [2.45, 2.75) is 0 Å². The Morgan fingerprint density at radius 2 is 0.981 bits per heavy atom. The van der Waals surface area contributed by atoms with Gasteiger partial charge in [-0.15, -0.1) is 0 Å². The lowest BCUT2D eigenvalue weighted by atomic mass is 9.92. The van der Waals surface area contributed by atoms with E-state index in [9.17, 15) is 0 Å². The number of hydrogen-bond acceptors (Lipinski definition) is 2. The van der Waals surface area contributed by atoms with Crippen LogP contribution in [0.3, 0.4) is 0 Å². The van der Waals surface area contributed by atoms with Gasteiger partial charge in [0.1, 0.15) is 11.2 Å². The number of furan rings is 1. The number of nitrogens with zero attached hydrogens (tertiary/aromatic N) is 1. The molecule has 1 heterocycles. The Morgan fingerprint density at radius 3 is 1.89 bits per heavy atom. The van der Waals surface area contributed by atoms with Crippen molar-refractivity contribution in [1.82, 2.24) is 0 Å². The summed E-state index contributed by atoms with van der Waals surface area (Å²) in [6, 6.07) is 72.4. The maximum atomic E-state index is 6.24. The monoisotopic (exact) mass is 687 g/mol. The normalized spacial score (nSPS) is 11.7. The molecule has 252 valence electrons. The van der Waals surface area contributed by atoms with Crippen molar-refractivity contribution in [3.63, 3.8) is 0 Å². The van der Waals surface area contributed by atoms with Crippen molar-refractivity contribution < 1.29 is 4.42 Å². The Morgan fingerprint density at radius 1 is 0.296 bits per heavy atom. The fourth-order valence-corrected chi connectivity index (χ4v) is 8.40. The van der Waals surface area contributed by atoms with Gasteiger partial charge < -0.3 is 9.32 Å². The molecule has 0 aliphatic heterocycles. The molecule has 0 aliphatic rings. The summed E-state index contributed by atoms with van der Waals surface area (Å²) < 4.78 is 6.24. The highest BCUT2D eigenvalue weighted by Crippen LogP contribution is 2.42. The molecule has 0 atom stereocenters. The lowest BCUT2D eigenvalue weighted by Gasteiger charge is -2.26. The smallest absolute Gasteiger partial charge is 0.136 e. The number of para-hydroxylation sites is 1. The number of anilines is 3. The lowest BCUT2D eigenvalue weighted by molar-refractivity contribution is 0.669. The van der Waals surface area contributed by atoms with E-state index in [1.165, 1.54) is 60.0 Å². The van der Waals surface area contributed by atoms with Gasteiger partial charge >= 0.3 is 0 Å². The molecule has 11 rings (SSSR count). The van der Waals surface area contributed by atoms with Gasteiger partial charge in [0.15, 0.2) is 0 Å². The summed E-state index contributed by atoms with van der Waals surface area (Å²) in [7, 11) is 0. The van der Waals surface area contributed by atoms with Crippen LogP contribution < -0.4 is 4.90 Å². The van der Waals surface area contributed by atoms with Gasteiger partial charge in [-0.2, -0.15) is 0 Å². The van der Waals surface area contributed by atoms with Crippen molar-refractivity contribution in [1.29, 1.82) is 0 Å². The van der Waals surface area contributed by atoms with E-state index in [0.29, 0.717) is 0 Å². The highest BCUT2D eigenvalue weighted by atomic mass is 16.3. The van der Waals surface area contributed by atoms with E-state index in [-0.39, 0.29) is 0 Å². The molecule has 0 unspecified atom stereocenters. The fourth-order valence-electron chi connectivity index (χ4n) is 8.40. The second kappa shape index (κ2) is 12.2. The zero-order valence-electron chi connectivity index (χ0n) is 29.4. The fraction of sp³-hybridized carbons (Fsp3) is 0. The number of rotatable bonds is 5. The summed E-state index contributed by atoms with van der Waals surface area (Å²) >= 11 is 0. The van der Waals surface area contributed by atoms with Gasteiger partial charge in [-0.1, -0.05) is 146 Å². The third-order valence-electron chi connectivity index (χ3n) is 11.0. The Hall–Kier alpha value is -7.16. The summed E-state index contributed by atoms with van der Waals surface area (Å²) in [6.07, 6.45) is 0. The van der Waals surface area contributed by atoms with Crippen LogP contribution in [-0.2, 0) is 0 Å². The zero-order chi connectivity index (χ0) is 35.6. The van der Waals surface area contributed by atoms with E-state index in [2.05, 4.69) is 193 Å².